The first kappa shape index (κ1) is 25.2. The molecule has 0 unspecified atom stereocenters. The molecule has 3 rings (SSSR count). The first-order valence-electron chi connectivity index (χ1n) is 10.8. The van der Waals surface area contributed by atoms with Crippen LogP contribution in [-0.4, -0.2) is 69.1 Å². The molecule has 0 radical (unpaired) electrons. The van der Waals surface area contributed by atoms with Gasteiger partial charge in [0.15, 0.2) is 17.3 Å². The Bertz CT molecular complexity index is 1180. The summed E-state index contributed by atoms with van der Waals surface area (Å²) in [4.78, 5) is 25.9. The molecule has 0 fully saturated rings. The summed E-state index contributed by atoms with van der Waals surface area (Å²) in [5.74, 6) is 1.93. The molecule has 0 saturated heterocycles. The smallest absolute Gasteiger partial charge is 0.410 e. The van der Waals surface area contributed by atoms with Gasteiger partial charge in [-0.25, -0.2) is 14.8 Å². The highest BCUT2D eigenvalue weighted by atomic mass is 16.6. The molecule has 0 atom stereocenters. The van der Waals surface area contributed by atoms with Crippen LogP contribution in [0.15, 0.2) is 30.9 Å². The number of ether oxygens (including phenoxy) is 3. The number of nitrogens with one attached hydrogen (secondary N) is 2. The van der Waals surface area contributed by atoms with Gasteiger partial charge >= 0.3 is 6.09 Å². The summed E-state index contributed by atoms with van der Waals surface area (Å²) in [6.45, 7) is 6.29. The highest BCUT2D eigenvalue weighted by molar-refractivity contribution is 5.75. The lowest BCUT2D eigenvalue weighted by molar-refractivity contribution is 0.0292. The van der Waals surface area contributed by atoms with E-state index in [-0.39, 0.29) is 11.8 Å². The summed E-state index contributed by atoms with van der Waals surface area (Å²) in [6, 6.07) is 3.69. The van der Waals surface area contributed by atoms with Crippen molar-refractivity contribution in [3.8, 4) is 28.8 Å². The number of nitriles is 1. The van der Waals surface area contributed by atoms with E-state index >= 15 is 0 Å². The number of aromatic nitrogens is 5. The molecule has 1 amide bonds. The number of H-pyrrole nitrogens is 1. The molecule has 0 spiro atoms. The number of anilines is 2. The second-order valence-electron chi connectivity index (χ2n) is 8.51. The fourth-order valence-corrected chi connectivity index (χ4v) is 2.96. The van der Waals surface area contributed by atoms with Crippen LogP contribution in [0.1, 0.15) is 32.9 Å². The first-order valence-corrected chi connectivity index (χ1v) is 10.8. The fraction of sp³-hybridized carbons (Fsp3) is 0.391. The molecule has 3 aromatic heterocycles. The Kier molecular flexibility index (Phi) is 8.04. The van der Waals surface area contributed by atoms with Crippen LogP contribution >= 0.6 is 0 Å². The Morgan fingerprint density at radius 1 is 1.17 bits per heavy atom. The summed E-state index contributed by atoms with van der Waals surface area (Å²) in [6.07, 6.45) is 6.19. The zero-order valence-corrected chi connectivity index (χ0v) is 20.3. The minimum Gasteiger partial charge on any atom is -0.494 e. The Morgan fingerprint density at radius 3 is 2.60 bits per heavy atom. The van der Waals surface area contributed by atoms with Crippen molar-refractivity contribution in [2.24, 2.45) is 0 Å². The minimum absolute atomic E-state index is 0.221. The quantitative estimate of drug-likeness (QED) is 0.435. The summed E-state index contributed by atoms with van der Waals surface area (Å²) in [5.41, 5.74) is 0.954. The van der Waals surface area contributed by atoms with Crippen molar-refractivity contribution in [3.05, 3.63) is 36.5 Å². The Morgan fingerprint density at radius 2 is 1.94 bits per heavy atom. The van der Waals surface area contributed by atoms with E-state index in [9.17, 15) is 4.79 Å². The third-order valence-electron chi connectivity index (χ3n) is 4.57. The van der Waals surface area contributed by atoms with Gasteiger partial charge in [-0.05, 0) is 27.2 Å². The number of nitrogens with zero attached hydrogens (tertiary/aromatic N) is 6. The zero-order valence-electron chi connectivity index (χ0n) is 20.3. The van der Waals surface area contributed by atoms with E-state index in [0.717, 1.165) is 0 Å². The van der Waals surface area contributed by atoms with Crippen LogP contribution in [0.5, 0.6) is 11.5 Å². The van der Waals surface area contributed by atoms with Gasteiger partial charge in [-0.1, -0.05) is 0 Å². The molecule has 0 bridgehead atoms. The third-order valence-corrected chi connectivity index (χ3v) is 4.57. The fourth-order valence-electron chi connectivity index (χ4n) is 2.96. The monoisotopic (exact) mass is 480 g/mol. The Labute approximate surface area is 203 Å². The van der Waals surface area contributed by atoms with Crippen LogP contribution < -0.4 is 14.8 Å². The maximum absolute atomic E-state index is 12.1. The average Bonchev–Trinajstić information content (AvgIpc) is 3.28. The predicted octanol–water partition coefficient (Wildman–Crippen LogP) is 3.52. The number of methoxy groups -OCH3 is 1. The number of hydrogen-bond acceptors (Lipinski definition) is 10. The van der Waals surface area contributed by atoms with Crippen molar-refractivity contribution in [2.45, 2.75) is 32.8 Å². The van der Waals surface area contributed by atoms with Crippen molar-refractivity contribution >= 4 is 17.7 Å². The SMILES string of the molecule is COc1cncc(OCCCN(C)C(=O)OC(C)(C)C)c1-c1cc(Nc2cnc(C#N)cn2)n[nH]1. The molecule has 0 aliphatic rings. The second-order valence-corrected chi connectivity index (χ2v) is 8.51. The van der Waals surface area contributed by atoms with Crippen molar-refractivity contribution < 1.29 is 19.0 Å². The van der Waals surface area contributed by atoms with Crippen LogP contribution in [-0.2, 0) is 4.74 Å². The predicted molar refractivity (Wildman–Crippen MR) is 127 cm³/mol. The molecule has 35 heavy (non-hydrogen) atoms. The summed E-state index contributed by atoms with van der Waals surface area (Å²) in [7, 11) is 3.23. The second kappa shape index (κ2) is 11.1. The molecule has 0 aromatic carbocycles. The number of rotatable bonds is 9. The number of pyridine rings is 1. The van der Waals surface area contributed by atoms with Crippen LogP contribution in [0, 0.1) is 11.3 Å². The van der Waals surface area contributed by atoms with Gasteiger partial charge in [0.25, 0.3) is 0 Å². The third kappa shape index (κ3) is 7.04. The van der Waals surface area contributed by atoms with Crippen LogP contribution in [0.2, 0.25) is 0 Å². The highest BCUT2D eigenvalue weighted by Crippen LogP contribution is 2.37. The Balaban J connectivity index is 1.67. The number of carbonyl (C=O) groups excluding carboxylic acids is 1. The van der Waals surface area contributed by atoms with Gasteiger partial charge in [-0.3, -0.25) is 10.1 Å². The normalized spacial score (nSPS) is 10.9. The number of aromatic amines is 1. The van der Waals surface area contributed by atoms with Gasteiger partial charge in [0.1, 0.15) is 23.2 Å². The molecular weight excluding hydrogens is 452 g/mol. The van der Waals surface area contributed by atoms with Gasteiger partial charge in [-0.2, -0.15) is 10.4 Å². The molecule has 3 heterocycles. The molecule has 3 aromatic rings. The topological polar surface area (TPSA) is 151 Å². The van der Waals surface area contributed by atoms with Crippen molar-refractivity contribution in [3.63, 3.8) is 0 Å². The van der Waals surface area contributed by atoms with Crippen molar-refractivity contribution in [1.29, 1.82) is 5.26 Å². The molecule has 0 aliphatic carbocycles. The minimum atomic E-state index is -0.548. The molecule has 0 aliphatic heterocycles. The largest absolute Gasteiger partial charge is 0.494 e. The van der Waals surface area contributed by atoms with E-state index < -0.39 is 5.60 Å². The molecule has 12 heteroatoms. The van der Waals surface area contributed by atoms with Gasteiger partial charge in [-0.15, -0.1) is 0 Å². The van der Waals surface area contributed by atoms with Gasteiger partial charge < -0.3 is 24.4 Å². The lowest BCUT2D eigenvalue weighted by Gasteiger charge is -2.24. The van der Waals surface area contributed by atoms with Crippen molar-refractivity contribution in [2.75, 3.05) is 32.6 Å². The average molecular weight is 481 g/mol. The summed E-state index contributed by atoms with van der Waals surface area (Å²) in [5, 5.41) is 19.1. The lowest BCUT2D eigenvalue weighted by atomic mass is 10.1. The molecule has 2 N–H and O–H groups in total. The van der Waals surface area contributed by atoms with E-state index in [1.807, 2.05) is 26.8 Å². The number of hydrogen-bond donors (Lipinski definition) is 2. The molecular formula is C23H28N8O4. The molecule has 12 nitrogen and oxygen atoms in total. The van der Waals surface area contributed by atoms with Crippen molar-refractivity contribution in [1.82, 2.24) is 30.0 Å². The van der Waals surface area contributed by atoms with E-state index in [2.05, 4.69) is 30.5 Å². The van der Waals surface area contributed by atoms with Gasteiger partial charge in [0.05, 0.1) is 49.8 Å². The zero-order chi connectivity index (χ0) is 25.4. The highest BCUT2D eigenvalue weighted by Gasteiger charge is 2.20. The van der Waals surface area contributed by atoms with E-state index in [1.165, 1.54) is 17.3 Å². The summed E-state index contributed by atoms with van der Waals surface area (Å²) >= 11 is 0. The maximum Gasteiger partial charge on any atom is 0.410 e. The van der Waals surface area contributed by atoms with Crippen LogP contribution in [0.3, 0.4) is 0 Å². The standard InChI is InChI=1S/C23H28N8O4/c1-23(2,3)35-22(32)31(4)7-6-8-34-18-13-25-12-17(33-5)21(18)16-9-19(30-29-16)28-20-14-26-15(10-24)11-27-20/h9,11-14H,6-8H2,1-5H3,(H2,27,28,29,30). The number of amides is 1. The summed E-state index contributed by atoms with van der Waals surface area (Å²) < 4.78 is 16.8. The van der Waals surface area contributed by atoms with Crippen LogP contribution in [0.25, 0.3) is 11.3 Å². The van der Waals surface area contributed by atoms with Gasteiger partial charge in [0, 0.05) is 19.7 Å². The molecule has 0 saturated carbocycles. The molecule has 184 valence electrons. The van der Waals surface area contributed by atoms with E-state index in [1.54, 1.807) is 32.6 Å². The maximum atomic E-state index is 12.1. The van der Waals surface area contributed by atoms with Gasteiger partial charge in [0.2, 0.25) is 0 Å². The van der Waals surface area contributed by atoms with Crippen LogP contribution in [0.4, 0.5) is 16.4 Å². The lowest BCUT2D eigenvalue weighted by Crippen LogP contribution is -2.35. The van der Waals surface area contributed by atoms with E-state index in [4.69, 9.17) is 19.5 Å². The van der Waals surface area contributed by atoms with E-state index in [0.29, 0.717) is 54.0 Å². The Hall–Kier alpha value is -4.40. The number of carbonyl (C=O) groups is 1. The first-order chi connectivity index (χ1) is 16.7.